The van der Waals surface area contributed by atoms with Crippen molar-refractivity contribution in [1.29, 1.82) is 0 Å². The van der Waals surface area contributed by atoms with Gasteiger partial charge in [-0.3, -0.25) is 5.43 Å². The summed E-state index contributed by atoms with van der Waals surface area (Å²) in [4.78, 5) is 10.7. The number of nitrogens with zero attached hydrogens (tertiary/aromatic N) is 3. The van der Waals surface area contributed by atoms with Crippen LogP contribution in [-0.4, -0.2) is 23.1 Å². The predicted octanol–water partition coefficient (Wildman–Crippen LogP) is 1.55. The molecule has 0 saturated heterocycles. The lowest BCUT2D eigenvalue weighted by Crippen LogP contribution is -2.29. The van der Waals surface area contributed by atoms with Gasteiger partial charge >= 0.3 is 0 Å². The molecule has 0 aromatic carbocycles. The second-order valence-corrected chi connectivity index (χ2v) is 4.28. The predicted molar refractivity (Wildman–Crippen MR) is 67.3 cm³/mol. The van der Waals surface area contributed by atoms with Crippen molar-refractivity contribution in [3.05, 3.63) is 11.8 Å². The molecule has 1 aromatic rings. The first-order valence-corrected chi connectivity index (χ1v) is 5.63. The van der Waals surface area contributed by atoms with Gasteiger partial charge in [-0.25, -0.2) is 10.8 Å². The maximum atomic E-state index is 5.32. The molecule has 0 amide bonds. The molecule has 0 radical (unpaired) electrons. The van der Waals surface area contributed by atoms with Crippen LogP contribution in [0.15, 0.2) is 6.20 Å². The van der Waals surface area contributed by atoms with Gasteiger partial charge in [-0.15, -0.1) is 0 Å². The average Bonchev–Trinajstić information content (AvgIpc) is 2.26. The Bertz CT molecular complexity index is 337. The number of rotatable bonds is 5. The average molecular weight is 223 g/mol. The third-order valence-corrected chi connectivity index (χ3v) is 2.34. The largest absolute Gasteiger partial charge is 0.356 e. The van der Waals surface area contributed by atoms with E-state index in [2.05, 4.69) is 41.1 Å². The first-order chi connectivity index (χ1) is 7.58. The number of hydrogen-bond acceptors (Lipinski definition) is 5. The fourth-order valence-electron chi connectivity index (χ4n) is 1.63. The normalized spacial score (nSPS) is 10.6. The molecule has 0 unspecified atom stereocenters. The van der Waals surface area contributed by atoms with E-state index in [1.165, 1.54) is 0 Å². The molecule has 1 heterocycles. The fourth-order valence-corrected chi connectivity index (χ4v) is 1.63. The molecule has 0 aliphatic heterocycles. The van der Waals surface area contributed by atoms with Crippen molar-refractivity contribution in [2.75, 3.05) is 23.4 Å². The molecule has 90 valence electrons. The van der Waals surface area contributed by atoms with Crippen molar-refractivity contribution in [2.24, 2.45) is 11.8 Å². The van der Waals surface area contributed by atoms with Crippen LogP contribution in [0.25, 0.3) is 0 Å². The molecular formula is C11H21N5. The number of aryl methyl sites for hydroxylation is 1. The summed E-state index contributed by atoms with van der Waals surface area (Å²) in [6.45, 7) is 10.4. The van der Waals surface area contributed by atoms with Gasteiger partial charge in [0.1, 0.15) is 5.82 Å². The second-order valence-electron chi connectivity index (χ2n) is 4.28. The fraction of sp³-hybridized carbons (Fsp3) is 0.636. The molecule has 0 aliphatic carbocycles. The Morgan fingerprint density at radius 3 is 2.69 bits per heavy atom. The van der Waals surface area contributed by atoms with Crippen LogP contribution >= 0.6 is 0 Å². The zero-order valence-electron chi connectivity index (χ0n) is 10.5. The third-order valence-electron chi connectivity index (χ3n) is 2.34. The minimum atomic E-state index is 0.461. The van der Waals surface area contributed by atoms with Gasteiger partial charge in [-0.1, -0.05) is 13.8 Å². The summed E-state index contributed by atoms with van der Waals surface area (Å²) in [7, 11) is 0. The van der Waals surface area contributed by atoms with Gasteiger partial charge in [-0.2, -0.15) is 4.98 Å². The quantitative estimate of drug-likeness (QED) is 0.585. The van der Waals surface area contributed by atoms with E-state index in [1.807, 2.05) is 6.92 Å². The first kappa shape index (κ1) is 12.7. The number of hydrogen-bond donors (Lipinski definition) is 2. The molecule has 1 rings (SSSR count). The third kappa shape index (κ3) is 3.06. The van der Waals surface area contributed by atoms with E-state index >= 15 is 0 Å². The Morgan fingerprint density at radius 1 is 1.50 bits per heavy atom. The SMILES string of the molecule is CCN(CC(C)C)c1nc(NN)ncc1C. The van der Waals surface area contributed by atoms with Gasteiger partial charge in [0.25, 0.3) is 0 Å². The van der Waals surface area contributed by atoms with E-state index in [0.29, 0.717) is 11.9 Å². The topological polar surface area (TPSA) is 67.1 Å². The van der Waals surface area contributed by atoms with E-state index in [1.54, 1.807) is 6.20 Å². The van der Waals surface area contributed by atoms with Gasteiger partial charge in [0.05, 0.1) is 0 Å². The smallest absolute Gasteiger partial charge is 0.239 e. The van der Waals surface area contributed by atoms with Crippen LogP contribution in [0.1, 0.15) is 26.3 Å². The Labute approximate surface area is 97.0 Å². The van der Waals surface area contributed by atoms with E-state index in [-0.39, 0.29) is 0 Å². The van der Waals surface area contributed by atoms with Gasteiger partial charge in [0.15, 0.2) is 0 Å². The summed E-state index contributed by atoms with van der Waals surface area (Å²) >= 11 is 0. The van der Waals surface area contributed by atoms with E-state index < -0.39 is 0 Å². The van der Waals surface area contributed by atoms with Crippen molar-refractivity contribution in [3.63, 3.8) is 0 Å². The molecule has 0 saturated carbocycles. The summed E-state index contributed by atoms with van der Waals surface area (Å²) in [5, 5.41) is 0. The highest BCUT2D eigenvalue weighted by atomic mass is 15.3. The summed E-state index contributed by atoms with van der Waals surface area (Å²) in [6, 6.07) is 0. The Morgan fingerprint density at radius 2 is 2.19 bits per heavy atom. The standard InChI is InChI=1S/C11H21N5/c1-5-16(7-8(2)3)10-9(4)6-13-11(14-10)15-12/h6,8H,5,7,12H2,1-4H3,(H,13,14,15). The molecule has 5 nitrogen and oxygen atoms in total. The molecule has 0 fully saturated rings. The van der Waals surface area contributed by atoms with Crippen LogP contribution in [0.4, 0.5) is 11.8 Å². The molecule has 0 atom stereocenters. The first-order valence-electron chi connectivity index (χ1n) is 5.63. The van der Waals surface area contributed by atoms with Crippen molar-refractivity contribution in [3.8, 4) is 0 Å². The molecule has 0 bridgehead atoms. The summed E-state index contributed by atoms with van der Waals surface area (Å²) in [6.07, 6.45) is 1.79. The lowest BCUT2D eigenvalue weighted by Gasteiger charge is -2.25. The monoisotopic (exact) mass is 223 g/mol. The molecule has 0 aliphatic rings. The maximum absolute atomic E-state index is 5.32. The maximum Gasteiger partial charge on any atom is 0.239 e. The van der Waals surface area contributed by atoms with Crippen LogP contribution in [0.2, 0.25) is 0 Å². The van der Waals surface area contributed by atoms with Gasteiger partial charge < -0.3 is 4.90 Å². The van der Waals surface area contributed by atoms with Gasteiger partial charge in [0.2, 0.25) is 5.95 Å². The number of nitrogens with two attached hydrogens (primary N) is 1. The van der Waals surface area contributed by atoms with Gasteiger partial charge in [0, 0.05) is 24.8 Å². The van der Waals surface area contributed by atoms with E-state index in [4.69, 9.17) is 5.84 Å². The Balaban J connectivity index is 2.98. The minimum absolute atomic E-state index is 0.461. The highest BCUT2D eigenvalue weighted by Gasteiger charge is 2.11. The number of anilines is 2. The minimum Gasteiger partial charge on any atom is -0.356 e. The summed E-state index contributed by atoms with van der Waals surface area (Å²) in [5.41, 5.74) is 3.55. The molecule has 16 heavy (non-hydrogen) atoms. The Kier molecular flexibility index (Phi) is 4.49. The van der Waals surface area contributed by atoms with E-state index in [0.717, 1.165) is 24.5 Å². The number of nitrogen functional groups attached to an aromatic ring is 1. The zero-order valence-corrected chi connectivity index (χ0v) is 10.5. The number of nitrogens with one attached hydrogen (secondary N) is 1. The van der Waals surface area contributed by atoms with E-state index in [9.17, 15) is 0 Å². The van der Waals surface area contributed by atoms with Crippen LogP contribution in [-0.2, 0) is 0 Å². The van der Waals surface area contributed by atoms with Crippen LogP contribution in [0, 0.1) is 12.8 Å². The molecule has 1 aromatic heterocycles. The van der Waals surface area contributed by atoms with Crippen molar-refractivity contribution < 1.29 is 0 Å². The van der Waals surface area contributed by atoms with Crippen LogP contribution < -0.4 is 16.2 Å². The Hall–Kier alpha value is -1.36. The molecule has 0 spiro atoms. The summed E-state index contributed by atoms with van der Waals surface area (Å²) < 4.78 is 0. The number of hydrazine groups is 1. The van der Waals surface area contributed by atoms with Crippen molar-refractivity contribution >= 4 is 11.8 Å². The second kappa shape index (κ2) is 5.65. The lowest BCUT2D eigenvalue weighted by atomic mass is 10.2. The van der Waals surface area contributed by atoms with Crippen LogP contribution in [0.3, 0.4) is 0 Å². The lowest BCUT2D eigenvalue weighted by molar-refractivity contribution is 0.613. The molecule has 3 N–H and O–H groups in total. The molecule has 5 heteroatoms. The highest BCUT2D eigenvalue weighted by Crippen LogP contribution is 2.18. The van der Waals surface area contributed by atoms with Crippen molar-refractivity contribution in [1.82, 2.24) is 9.97 Å². The number of aromatic nitrogens is 2. The zero-order chi connectivity index (χ0) is 12.1. The van der Waals surface area contributed by atoms with Crippen molar-refractivity contribution in [2.45, 2.75) is 27.7 Å². The summed E-state index contributed by atoms with van der Waals surface area (Å²) in [5.74, 6) is 7.34. The van der Waals surface area contributed by atoms with Gasteiger partial charge in [-0.05, 0) is 19.8 Å². The van der Waals surface area contributed by atoms with Crippen LogP contribution in [0.5, 0.6) is 0 Å². The highest BCUT2D eigenvalue weighted by molar-refractivity contribution is 5.48. The molecular weight excluding hydrogens is 202 g/mol.